The number of hydrogen-bond donors (Lipinski definition) is 1. The second kappa shape index (κ2) is 9.87. The summed E-state index contributed by atoms with van der Waals surface area (Å²) in [6.07, 6.45) is 6.57. The van der Waals surface area contributed by atoms with Crippen molar-refractivity contribution in [2.45, 2.75) is 25.4 Å². The lowest BCUT2D eigenvalue weighted by atomic mass is 10.1. The van der Waals surface area contributed by atoms with Crippen LogP contribution < -0.4 is 5.32 Å². The fraction of sp³-hybridized carbons (Fsp3) is 0.727. The van der Waals surface area contributed by atoms with Crippen LogP contribution in [-0.2, 0) is 13.6 Å². The SMILES string of the molecule is CN(Cc1cnn(C)c1)C1CCNCC1.Cl.Cl.Cl. The lowest BCUT2D eigenvalue weighted by Gasteiger charge is -2.31. The van der Waals surface area contributed by atoms with Gasteiger partial charge in [0, 0.05) is 31.4 Å². The molecule has 7 heteroatoms. The van der Waals surface area contributed by atoms with E-state index < -0.39 is 0 Å². The highest BCUT2D eigenvalue weighted by atomic mass is 35.5. The van der Waals surface area contributed by atoms with Crippen molar-refractivity contribution >= 4 is 37.2 Å². The fourth-order valence-electron chi connectivity index (χ4n) is 2.22. The first-order chi connectivity index (χ1) is 7.25. The smallest absolute Gasteiger partial charge is 0.0534 e. The summed E-state index contributed by atoms with van der Waals surface area (Å²) in [5.41, 5.74) is 1.30. The Morgan fingerprint density at radius 3 is 2.44 bits per heavy atom. The minimum absolute atomic E-state index is 0. The molecule has 2 rings (SSSR count). The maximum Gasteiger partial charge on any atom is 0.0534 e. The second-order valence-corrected chi connectivity index (χ2v) is 4.42. The van der Waals surface area contributed by atoms with Crippen LogP contribution in [0.4, 0.5) is 0 Å². The maximum absolute atomic E-state index is 4.19. The van der Waals surface area contributed by atoms with E-state index in [1.165, 1.54) is 18.4 Å². The minimum Gasteiger partial charge on any atom is -0.317 e. The summed E-state index contributed by atoms with van der Waals surface area (Å²) in [5.74, 6) is 0. The van der Waals surface area contributed by atoms with Gasteiger partial charge in [-0.1, -0.05) is 0 Å². The molecule has 0 aliphatic carbocycles. The fourth-order valence-corrected chi connectivity index (χ4v) is 2.22. The van der Waals surface area contributed by atoms with E-state index in [0.29, 0.717) is 0 Å². The van der Waals surface area contributed by atoms with Gasteiger partial charge < -0.3 is 5.32 Å². The van der Waals surface area contributed by atoms with Crippen LogP contribution in [0.1, 0.15) is 18.4 Å². The van der Waals surface area contributed by atoms with E-state index in [-0.39, 0.29) is 37.2 Å². The highest BCUT2D eigenvalue weighted by molar-refractivity contribution is 5.86. The number of rotatable bonds is 3. The van der Waals surface area contributed by atoms with Gasteiger partial charge in [-0.2, -0.15) is 5.10 Å². The van der Waals surface area contributed by atoms with Gasteiger partial charge in [-0.05, 0) is 33.0 Å². The quantitative estimate of drug-likeness (QED) is 0.924. The van der Waals surface area contributed by atoms with Gasteiger partial charge in [0.25, 0.3) is 0 Å². The topological polar surface area (TPSA) is 33.1 Å². The number of hydrogen-bond acceptors (Lipinski definition) is 3. The summed E-state index contributed by atoms with van der Waals surface area (Å²) >= 11 is 0. The van der Waals surface area contributed by atoms with Crippen LogP contribution in [0.25, 0.3) is 0 Å². The summed E-state index contributed by atoms with van der Waals surface area (Å²) in [6, 6.07) is 0.728. The molecule has 4 nitrogen and oxygen atoms in total. The molecule has 0 atom stereocenters. The zero-order chi connectivity index (χ0) is 10.7. The molecule has 2 heterocycles. The first kappa shape index (κ1) is 20.3. The van der Waals surface area contributed by atoms with E-state index in [2.05, 4.69) is 28.6 Å². The molecule has 18 heavy (non-hydrogen) atoms. The molecule has 108 valence electrons. The van der Waals surface area contributed by atoms with Crippen LogP contribution in [0.3, 0.4) is 0 Å². The first-order valence-electron chi connectivity index (χ1n) is 5.64. The second-order valence-electron chi connectivity index (χ2n) is 4.42. The standard InChI is InChI=1S/C11H20N4.3ClH/c1-14(11-3-5-12-6-4-11)8-10-7-13-15(2)9-10;;;/h7,9,11-12H,3-6,8H2,1-2H3;3*1H. The number of aryl methyl sites for hydroxylation is 1. The van der Waals surface area contributed by atoms with Crippen molar-refractivity contribution in [2.75, 3.05) is 20.1 Å². The third-order valence-electron chi connectivity index (χ3n) is 3.12. The van der Waals surface area contributed by atoms with Crippen molar-refractivity contribution in [3.8, 4) is 0 Å². The molecule has 1 aromatic heterocycles. The van der Waals surface area contributed by atoms with Gasteiger partial charge in [0.15, 0.2) is 0 Å². The third-order valence-corrected chi connectivity index (χ3v) is 3.12. The Balaban J connectivity index is 0. The van der Waals surface area contributed by atoms with Crippen LogP contribution in [0.5, 0.6) is 0 Å². The summed E-state index contributed by atoms with van der Waals surface area (Å²) in [7, 11) is 4.18. The average molecular weight is 318 g/mol. The van der Waals surface area contributed by atoms with E-state index >= 15 is 0 Å². The zero-order valence-corrected chi connectivity index (χ0v) is 13.3. The zero-order valence-electron chi connectivity index (χ0n) is 10.8. The molecule has 1 aliphatic heterocycles. The van der Waals surface area contributed by atoms with E-state index in [4.69, 9.17) is 0 Å². The average Bonchev–Trinajstić information content (AvgIpc) is 2.65. The van der Waals surface area contributed by atoms with Crippen molar-refractivity contribution < 1.29 is 0 Å². The molecule has 1 aromatic rings. The van der Waals surface area contributed by atoms with Crippen molar-refractivity contribution in [1.82, 2.24) is 20.0 Å². The van der Waals surface area contributed by atoms with Crippen LogP contribution in [0.2, 0.25) is 0 Å². The third kappa shape index (κ3) is 5.76. The lowest BCUT2D eigenvalue weighted by Crippen LogP contribution is -2.40. The molecule has 0 radical (unpaired) electrons. The van der Waals surface area contributed by atoms with Crippen molar-refractivity contribution in [1.29, 1.82) is 0 Å². The Labute approximate surface area is 128 Å². The van der Waals surface area contributed by atoms with E-state index in [1.54, 1.807) is 0 Å². The number of nitrogens with one attached hydrogen (secondary N) is 1. The summed E-state index contributed by atoms with van der Waals surface area (Å²) in [5, 5.41) is 7.59. The first-order valence-corrected chi connectivity index (χ1v) is 5.64. The number of aromatic nitrogens is 2. The molecule has 1 aliphatic rings. The Bertz CT molecular complexity index is 313. The normalized spacial score (nSPS) is 15.5. The minimum atomic E-state index is 0. The molecule has 1 N–H and O–H groups in total. The Kier molecular flexibility index (Phi) is 11.1. The van der Waals surface area contributed by atoms with Crippen molar-refractivity contribution in [3.05, 3.63) is 18.0 Å². The monoisotopic (exact) mass is 316 g/mol. The highest BCUT2D eigenvalue weighted by Crippen LogP contribution is 2.12. The molecule has 0 unspecified atom stereocenters. The summed E-state index contributed by atoms with van der Waals surface area (Å²) in [4.78, 5) is 2.44. The van der Waals surface area contributed by atoms with Gasteiger partial charge >= 0.3 is 0 Å². The van der Waals surface area contributed by atoms with Crippen LogP contribution in [0, 0.1) is 0 Å². The molecule has 0 saturated carbocycles. The molecule has 0 spiro atoms. The highest BCUT2D eigenvalue weighted by Gasteiger charge is 2.17. The van der Waals surface area contributed by atoms with E-state index in [0.717, 1.165) is 25.7 Å². The number of halogens is 3. The van der Waals surface area contributed by atoms with E-state index in [9.17, 15) is 0 Å². The van der Waals surface area contributed by atoms with Gasteiger partial charge in [-0.15, -0.1) is 37.2 Å². The molecule has 0 bridgehead atoms. The van der Waals surface area contributed by atoms with Crippen LogP contribution in [0.15, 0.2) is 12.4 Å². The Hall–Kier alpha value is -0.000000000000000111. The predicted octanol–water partition coefficient (Wildman–Crippen LogP) is 1.87. The van der Waals surface area contributed by atoms with Gasteiger partial charge in [0.2, 0.25) is 0 Å². The Morgan fingerprint density at radius 1 is 1.33 bits per heavy atom. The van der Waals surface area contributed by atoms with Crippen molar-refractivity contribution in [2.24, 2.45) is 7.05 Å². The number of piperidine rings is 1. The maximum atomic E-state index is 4.19. The van der Waals surface area contributed by atoms with Gasteiger partial charge in [0.1, 0.15) is 0 Å². The molecule has 1 fully saturated rings. The van der Waals surface area contributed by atoms with Crippen molar-refractivity contribution in [3.63, 3.8) is 0 Å². The molecular weight excluding hydrogens is 295 g/mol. The van der Waals surface area contributed by atoms with Gasteiger partial charge in [-0.3, -0.25) is 9.58 Å². The van der Waals surface area contributed by atoms with Crippen LogP contribution >= 0.6 is 37.2 Å². The lowest BCUT2D eigenvalue weighted by molar-refractivity contribution is 0.192. The van der Waals surface area contributed by atoms with Gasteiger partial charge in [-0.25, -0.2) is 0 Å². The molecule has 0 aromatic carbocycles. The largest absolute Gasteiger partial charge is 0.317 e. The summed E-state index contributed by atoms with van der Waals surface area (Å²) in [6.45, 7) is 3.32. The Morgan fingerprint density at radius 2 is 1.94 bits per heavy atom. The molecular formula is C11H23Cl3N4. The van der Waals surface area contributed by atoms with E-state index in [1.807, 2.05) is 17.9 Å². The summed E-state index contributed by atoms with van der Waals surface area (Å²) < 4.78 is 1.87. The number of nitrogens with zero attached hydrogens (tertiary/aromatic N) is 3. The van der Waals surface area contributed by atoms with Gasteiger partial charge in [0.05, 0.1) is 6.20 Å². The molecule has 1 saturated heterocycles. The van der Waals surface area contributed by atoms with Crippen LogP contribution in [-0.4, -0.2) is 40.9 Å². The molecule has 0 amide bonds. The predicted molar refractivity (Wildman–Crippen MR) is 82.3 cm³/mol.